The number of thioether (sulfide) groups is 1. The number of rotatable bonds is 1. The van der Waals surface area contributed by atoms with Gasteiger partial charge in [-0.3, -0.25) is 10.2 Å². The topological polar surface area (TPSA) is 26.0 Å². The molecule has 1 heterocycles. The van der Waals surface area contributed by atoms with E-state index >= 15 is 0 Å². The smallest absolute Gasteiger partial charge is 0.197 e. The van der Waals surface area contributed by atoms with E-state index in [0.29, 0.717) is 6.04 Å². The highest BCUT2D eigenvalue weighted by molar-refractivity contribution is 8.02. The first kappa shape index (κ1) is 8.11. The summed E-state index contributed by atoms with van der Waals surface area (Å²) >= 11 is 1.70. The van der Waals surface area contributed by atoms with E-state index in [1.54, 1.807) is 11.8 Å². The molecule has 10 heavy (non-hydrogen) atoms. The van der Waals surface area contributed by atoms with Gasteiger partial charge in [0.05, 0.1) is 13.1 Å². The average Bonchev–Trinajstić information content (AvgIpc) is 2.15. The molecule has 0 fully saturated rings. The van der Waals surface area contributed by atoms with Gasteiger partial charge in [-0.2, -0.15) is 0 Å². The lowest BCUT2D eigenvalue weighted by atomic mass is 10.3. The fourth-order valence-corrected chi connectivity index (χ4v) is 2.00. The standard InChI is InChI=1S/C7H15N2S/c1-6(2)9(3)4-5-10-7(9)8/h4-7H,8H2,1-3H3/q+1. The van der Waals surface area contributed by atoms with Crippen molar-refractivity contribution in [3.05, 3.63) is 11.6 Å². The van der Waals surface area contributed by atoms with Crippen LogP contribution in [0.3, 0.4) is 0 Å². The van der Waals surface area contributed by atoms with Crippen molar-refractivity contribution in [2.75, 3.05) is 7.05 Å². The van der Waals surface area contributed by atoms with E-state index in [1.807, 2.05) is 0 Å². The Morgan fingerprint density at radius 1 is 1.60 bits per heavy atom. The summed E-state index contributed by atoms with van der Waals surface area (Å²) in [7, 11) is 2.16. The lowest BCUT2D eigenvalue weighted by Gasteiger charge is -2.34. The predicted octanol–water partition coefficient (Wildman–Crippen LogP) is 1.30. The van der Waals surface area contributed by atoms with Crippen LogP contribution in [0.15, 0.2) is 11.6 Å². The number of quaternary nitrogens is 1. The van der Waals surface area contributed by atoms with Crippen LogP contribution < -0.4 is 5.73 Å². The molecule has 0 radical (unpaired) electrons. The van der Waals surface area contributed by atoms with E-state index in [0.717, 1.165) is 4.48 Å². The summed E-state index contributed by atoms with van der Waals surface area (Å²) in [5.74, 6) is 0. The predicted molar refractivity (Wildman–Crippen MR) is 46.0 cm³/mol. The summed E-state index contributed by atoms with van der Waals surface area (Å²) in [4.78, 5) is 0. The van der Waals surface area contributed by atoms with Crippen molar-refractivity contribution in [2.45, 2.75) is 25.4 Å². The summed E-state index contributed by atoms with van der Waals surface area (Å²) in [6.45, 7) is 4.38. The SMILES string of the molecule is CC(C)[N+]1(C)C=CSC1N. The molecule has 2 atom stereocenters. The van der Waals surface area contributed by atoms with Gasteiger partial charge in [-0.25, -0.2) is 0 Å². The zero-order valence-corrected chi connectivity index (χ0v) is 7.56. The second-order valence-corrected chi connectivity index (χ2v) is 4.15. The number of nitrogens with zero attached hydrogens (tertiary/aromatic N) is 1. The Hall–Kier alpha value is 0.01000. The molecule has 0 aliphatic carbocycles. The van der Waals surface area contributed by atoms with Crippen LogP contribution in [-0.4, -0.2) is 23.1 Å². The highest BCUT2D eigenvalue weighted by atomic mass is 32.2. The molecule has 0 aromatic heterocycles. The molecular formula is C7H15N2S+. The molecular weight excluding hydrogens is 144 g/mol. The fraction of sp³-hybridized carbons (Fsp3) is 0.714. The van der Waals surface area contributed by atoms with Gasteiger partial charge in [0, 0.05) is 5.41 Å². The quantitative estimate of drug-likeness (QED) is 0.584. The molecule has 1 aliphatic rings. The summed E-state index contributed by atoms with van der Waals surface area (Å²) in [5, 5.41) is 2.09. The molecule has 0 aromatic carbocycles. The molecule has 2 nitrogen and oxygen atoms in total. The van der Waals surface area contributed by atoms with Gasteiger partial charge >= 0.3 is 0 Å². The van der Waals surface area contributed by atoms with Crippen molar-refractivity contribution < 1.29 is 4.48 Å². The number of hydrogen-bond donors (Lipinski definition) is 1. The maximum atomic E-state index is 5.89. The van der Waals surface area contributed by atoms with E-state index in [9.17, 15) is 0 Å². The van der Waals surface area contributed by atoms with Gasteiger partial charge in [-0.15, -0.1) is 0 Å². The maximum Gasteiger partial charge on any atom is 0.197 e. The summed E-state index contributed by atoms with van der Waals surface area (Å²) in [6, 6.07) is 0.571. The molecule has 1 aliphatic heterocycles. The third-order valence-electron chi connectivity index (χ3n) is 2.26. The molecule has 1 rings (SSSR count). The lowest BCUT2D eigenvalue weighted by molar-refractivity contribution is -0.888. The largest absolute Gasteiger partial charge is 0.274 e. The Labute approximate surface area is 66.7 Å². The van der Waals surface area contributed by atoms with Crippen LogP contribution in [0.25, 0.3) is 0 Å². The van der Waals surface area contributed by atoms with E-state index in [4.69, 9.17) is 5.73 Å². The van der Waals surface area contributed by atoms with Gasteiger partial charge < -0.3 is 0 Å². The molecule has 0 aromatic rings. The third-order valence-corrected chi connectivity index (χ3v) is 3.27. The van der Waals surface area contributed by atoms with Crippen LogP contribution in [0.5, 0.6) is 0 Å². The highest BCUT2D eigenvalue weighted by Crippen LogP contribution is 2.29. The highest BCUT2D eigenvalue weighted by Gasteiger charge is 2.34. The fourth-order valence-electron chi connectivity index (χ4n) is 0.929. The van der Waals surface area contributed by atoms with Crippen LogP contribution >= 0.6 is 11.8 Å². The van der Waals surface area contributed by atoms with Crippen molar-refractivity contribution >= 4 is 11.8 Å². The van der Waals surface area contributed by atoms with Gasteiger partial charge in [0.25, 0.3) is 0 Å². The molecule has 0 spiro atoms. The van der Waals surface area contributed by atoms with Crippen LogP contribution in [-0.2, 0) is 0 Å². The van der Waals surface area contributed by atoms with Gasteiger partial charge in [0.2, 0.25) is 0 Å². The van der Waals surface area contributed by atoms with Gasteiger partial charge in [-0.1, -0.05) is 0 Å². The second-order valence-electron chi connectivity index (χ2n) is 3.13. The lowest BCUT2D eigenvalue weighted by Crippen LogP contribution is -2.52. The number of hydrogen-bond acceptors (Lipinski definition) is 2. The zero-order valence-electron chi connectivity index (χ0n) is 6.74. The minimum Gasteiger partial charge on any atom is -0.274 e. The van der Waals surface area contributed by atoms with Crippen LogP contribution in [0.2, 0.25) is 0 Å². The molecule has 2 unspecified atom stereocenters. The minimum atomic E-state index is 0.194. The molecule has 58 valence electrons. The van der Waals surface area contributed by atoms with Crippen molar-refractivity contribution in [1.29, 1.82) is 0 Å². The maximum absolute atomic E-state index is 5.89. The van der Waals surface area contributed by atoms with Crippen LogP contribution in [0.4, 0.5) is 0 Å². The molecule has 0 saturated carbocycles. The molecule has 3 heteroatoms. The summed E-state index contributed by atoms with van der Waals surface area (Å²) < 4.78 is 0.852. The minimum absolute atomic E-state index is 0.194. The summed E-state index contributed by atoms with van der Waals surface area (Å²) in [6.07, 6.45) is 2.17. The van der Waals surface area contributed by atoms with Crippen LogP contribution in [0.1, 0.15) is 13.8 Å². The summed E-state index contributed by atoms with van der Waals surface area (Å²) in [5.41, 5.74) is 6.08. The first-order valence-corrected chi connectivity index (χ1v) is 4.46. The first-order valence-electron chi connectivity index (χ1n) is 3.51. The van der Waals surface area contributed by atoms with E-state index in [-0.39, 0.29) is 5.50 Å². The molecule has 0 bridgehead atoms. The Balaban J connectivity index is 2.75. The monoisotopic (exact) mass is 159 g/mol. The zero-order chi connectivity index (χ0) is 7.78. The van der Waals surface area contributed by atoms with E-state index in [2.05, 4.69) is 32.5 Å². The Morgan fingerprint density at radius 2 is 2.20 bits per heavy atom. The average molecular weight is 159 g/mol. The molecule has 2 N–H and O–H groups in total. The van der Waals surface area contributed by atoms with Gasteiger partial charge in [0.1, 0.15) is 6.20 Å². The third kappa shape index (κ3) is 1.09. The Kier molecular flexibility index (Phi) is 2.08. The van der Waals surface area contributed by atoms with Gasteiger partial charge in [-0.05, 0) is 25.6 Å². The van der Waals surface area contributed by atoms with Gasteiger partial charge in [0.15, 0.2) is 5.50 Å². The molecule has 0 amide bonds. The van der Waals surface area contributed by atoms with Crippen molar-refractivity contribution in [2.24, 2.45) is 5.73 Å². The van der Waals surface area contributed by atoms with Crippen molar-refractivity contribution in [3.63, 3.8) is 0 Å². The van der Waals surface area contributed by atoms with E-state index in [1.165, 1.54) is 0 Å². The number of nitrogens with two attached hydrogens (primary N) is 1. The molecule has 0 saturated heterocycles. The second kappa shape index (κ2) is 2.57. The normalized spacial score (nSPS) is 39.5. The Morgan fingerprint density at radius 3 is 2.40 bits per heavy atom. The first-order chi connectivity index (χ1) is 4.57. The van der Waals surface area contributed by atoms with E-state index < -0.39 is 0 Å². The van der Waals surface area contributed by atoms with Crippen molar-refractivity contribution in [1.82, 2.24) is 0 Å². The van der Waals surface area contributed by atoms with Crippen LogP contribution in [0, 0.1) is 0 Å². The Bertz CT molecular complexity index is 156. The van der Waals surface area contributed by atoms with Crippen molar-refractivity contribution in [3.8, 4) is 0 Å².